The molecule has 1 aliphatic heterocycles. The zero-order chi connectivity index (χ0) is 15.2. The molecule has 0 saturated carbocycles. The van der Waals surface area contributed by atoms with E-state index in [1.165, 1.54) is 12.8 Å². The van der Waals surface area contributed by atoms with Crippen LogP contribution < -0.4 is 5.73 Å². The third-order valence-electron chi connectivity index (χ3n) is 4.36. The second-order valence-corrected chi connectivity index (χ2v) is 6.26. The third-order valence-corrected chi connectivity index (χ3v) is 4.36. The molecule has 1 atom stereocenters. The zero-order valence-corrected chi connectivity index (χ0v) is 13.2. The summed E-state index contributed by atoms with van der Waals surface area (Å²) >= 11 is 0. The van der Waals surface area contributed by atoms with Gasteiger partial charge in [0.2, 0.25) is 5.91 Å². The number of carbonyl (C=O) groups is 1. The van der Waals surface area contributed by atoms with E-state index in [4.69, 9.17) is 5.73 Å². The number of amides is 1. The number of benzene rings is 1. The summed E-state index contributed by atoms with van der Waals surface area (Å²) in [6.07, 6.45) is 2.95. The highest BCUT2D eigenvalue weighted by Gasteiger charge is 2.23. The average molecular weight is 289 g/mol. The fraction of sp³-hybridized carbons (Fsp3) is 0.588. The highest BCUT2D eigenvalue weighted by molar-refractivity contribution is 5.81. The van der Waals surface area contributed by atoms with E-state index in [1.807, 2.05) is 42.3 Å². The minimum atomic E-state index is -0.441. The highest BCUT2D eigenvalue weighted by atomic mass is 16.2. The van der Waals surface area contributed by atoms with Crippen molar-refractivity contribution >= 4 is 5.91 Å². The monoisotopic (exact) mass is 289 g/mol. The van der Waals surface area contributed by atoms with Gasteiger partial charge in [-0.3, -0.25) is 4.79 Å². The molecule has 4 nitrogen and oxygen atoms in total. The largest absolute Gasteiger partial charge is 0.344 e. The lowest BCUT2D eigenvalue weighted by atomic mass is 9.96. The van der Waals surface area contributed by atoms with Crippen molar-refractivity contribution in [3.05, 3.63) is 35.9 Å². The van der Waals surface area contributed by atoms with Crippen LogP contribution in [0.15, 0.2) is 30.3 Å². The summed E-state index contributed by atoms with van der Waals surface area (Å²) in [4.78, 5) is 16.5. The first kappa shape index (κ1) is 16.0. The van der Waals surface area contributed by atoms with Gasteiger partial charge < -0.3 is 15.5 Å². The zero-order valence-electron chi connectivity index (χ0n) is 13.2. The van der Waals surface area contributed by atoms with Crippen molar-refractivity contribution < 1.29 is 4.79 Å². The average Bonchev–Trinajstić information content (AvgIpc) is 2.49. The van der Waals surface area contributed by atoms with E-state index in [9.17, 15) is 4.79 Å². The Balaban J connectivity index is 1.81. The Bertz CT molecular complexity index is 441. The van der Waals surface area contributed by atoms with Gasteiger partial charge in [-0.05, 0) is 50.9 Å². The van der Waals surface area contributed by atoms with Gasteiger partial charge in [0.25, 0.3) is 0 Å². The smallest absolute Gasteiger partial charge is 0.239 e. The molecule has 0 radical (unpaired) electrons. The van der Waals surface area contributed by atoms with Crippen LogP contribution in [0.25, 0.3) is 0 Å². The summed E-state index contributed by atoms with van der Waals surface area (Å²) in [6.45, 7) is 3.08. The molecule has 2 rings (SSSR count). The quantitative estimate of drug-likeness (QED) is 0.890. The van der Waals surface area contributed by atoms with Crippen LogP contribution in [0.5, 0.6) is 0 Å². The predicted molar refractivity (Wildman–Crippen MR) is 86.0 cm³/mol. The van der Waals surface area contributed by atoms with Crippen LogP contribution in [-0.2, 0) is 11.2 Å². The van der Waals surface area contributed by atoms with Gasteiger partial charge in [0.15, 0.2) is 0 Å². The van der Waals surface area contributed by atoms with E-state index in [0.717, 1.165) is 25.2 Å². The maximum absolute atomic E-state index is 12.4. The number of hydrogen-bond donors (Lipinski definition) is 1. The minimum absolute atomic E-state index is 0.0535. The molecule has 1 aliphatic rings. The van der Waals surface area contributed by atoms with Crippen LogP contribution in [0.4, 0.5) is 0 Å². The fourth-order valence-electron chi connectivity index (χ4n) is 2.96. The molecule has 21 heavy (non-hydrogen) atoms. The van der Waals surface area contributed by atoms with Gasteiger partial charge in [-0.25, -0.2) is 0 Å². The summed E-state index contributed by atoms with van der Waals surface area (Å²) < 4.78 is 0. The van der Waals surface area contributed by atoms with Gasteiger partial charge in [0, 0.05) is 13.6 Å². The molecule has 1 saturated heterocycles. The molecule has 0 aromatic heterocycles. The number of carbonyl (C=O) groups excluding carboxylic acids is 1. The third kappa shape index (κ3) is 4.83. The molecule has 0 aliphatic carbocycles. The van der Waals surface area contributed by atoms with E-state index >= 15 is 0 Å². The lowest BCUT2D eigenvalue weighted by Gasteiger charge is -2.32. The standard InChI is InChI=1S/C17H27N3O/c1-19-10-8-15(9-11-19)13-20(2)17(21)16(18)12-14-6-4-3-5-7-14/h3-7,15-16H,8-13,18H2,1-2H3/t16-/m1/s1. The topological polar surface area (TPSA) is 49.6 Å². The van der Waals surface area contributed by atoms with Crippen LogP contribution in [0.1, 0.15) is 18.4 Å². The highest BCUT2D eigenvalue weighted by Crippen LogP contribution is 2.17. The fourth-order valence-corrected chi connectivity index (χ4v) is 2.96. The molecule has 1 aromatic carbocycles. The molecule has 4 heteroatoms. The van der Waals surface area contributed by atoms with Crippen molar-refractivity contribution in [2.24, 2.45) is 11.7 Å². The van der Waals surface area contributed by atoms with Crippen LogP contribution in [0.2, 0.25) is 0 Å². The SMILES string of the molecule is CN1CCC(CN(C)C(=O)[C@H](N)Cc2ccccc2)CC1. The van der Waals surface area contributed by atoms with Crippen LogP contribution >= 0.6 is 0 Å². The Morgan fingerprint density at radius 3 is 2.57 bits per heavy atom. The van der Waals surface area contributed by atoms with Gasteiger partial charge in [-0.1, -0.05) is 30.3 Å². The van der Waals surface area contributed by atoms with Gasteiger partial charge >= 0.3 is 0 Å². The molecule has 1 heterocycles. The molecule has 2 N–H and O–H groups in total. The molecule has 0 bridgehead atoms. The Kier molecular flexibility index (Phi) is 5.76. The second-order valence-electron chi connectivity index (χ2n) is 6.26. The van der Waals surface area contributed by atoms with Gasteiger partial charge in [-0.15, -0.1) is 0 Å². The maximum Gasteiger partial charge on any atom is 0.239 e. The maximum atomic E-state index is 12.4. The lowest BCUT2D eigenvalue weighted by Crippen LogP contribution is -2.46. The second kappa shape index (κ2) is 7.57. The van der Waals surface area contributed by atoms with E-state index in [0.29, 0.717) is 12.3 Å². The number of nitrogens with two attached hydrogens (primary N) is 1. The molecule has 0 spiro atoms. The van der Waals surface area contributed by atoms with Crippen molar-refractivity contribution in [2.75, 3.05) is 33.7 Å². The van der Waals surface area contributed by atoms with E-state index in [2.05, 4.69) is 11.9 Å². The number of likely N-dealkylation sites (tertiary alicyclic amines) is 1. The van der Waals surface area contributed by atoms with Crippen molar-refractivity contribution in [3.8, 4) is 0 Å². The summed E-state index contributed by atoms with van der Waals surface area (Å²) in [5.74, 6) is 0.664. The van der Waals surface area contributed by atoms with E-state index in [-0.39, 0.29) is 5.91 Å². The minimum Gasteiger partial charge on any atom is -0.344 e. The molecule has 1 aromatic rings. The van der Waals surface area contributed by atoms with Gasteiger partial charge in [-0.2, -0.15) is 0 Å². The number of nitrogens with zero attached hydrogens (tertiary/aromatic N) is 2. The normalized spacial score (nSPS) is 18.4. The molecule has 116 valence electrons. The summed E-state index contributed by atoms with van der Waals surface area (Å²) in [5.41, 5.74) is 7.19. The first-order chi connectivity index (χ1) is 10.1. The first-order valence-corrected chi connectivity index (χ1v) is 7.79. The van der Waals surface area contributed by atoms with Gasteiger partial charge in [0.05, 0.1) is 6.04 Å². The number of rotatable bonds is 5. The van der Waals surface area contributed by atoms with Crippen LogP contribution in [0, 0.1) is 5.92 Å². The molecule has 1 fully saturated rings. The predicted octanol–water partition coefficient (Wildman–Crippen LogP) is 1.36. The number of piperidine rings is 1. The number of hydrogen-bond acceptors (Lipinski definition) is 3. The molecule has 0 unspecified atom stereocenters. The van der Waals surface area contributed by atoms with Crippen molar-refractivity contribution in [1.29, 1.82) is 0 Å². The first-order valence-electron chi connectivity index (χ1n) is 7.79. The summed E-state index contributed by atoms with van der Waals surface area (Å²) in [7, 11) is 4.03. The van der Waals surface area contributed by atoms with Gasteiger partial charge in [0.1, 0.15) is 0 Å². The lowest BCUT2D eigenvalue weighted by molar-refractivity contribution is -0.132. The summed E-state index contributed by atoms with van der Waals surface area (Å²) in [5, 5.41) is 0. The number of likely N-dealkylation sites (N-methyl/N-ethyl adjacent to an activating group) is 1. The Morgan fingerprint density at radius 2 is 1.95 bits per heavy atom. The van der Waals surface area contributed by atoms with Crippen molar-refractivity contribution in [2.45, 2.75) is 25.3 Å². The summed E-state index contributed by atoms with van der Waals surface area (Å²) in [6, 6.07) is 9.53. The Labute approximate surface area is 127 Å². The molecular formula is C17H27N3O. The molecular weight excluding hydrogens is 262 g/mol. The van der Waals surface area contributed by atoms with E-state index in [1.54, 1.807) is 0 Å². The van der Waals surface area contributed by atoms with E-state index < -0.39 is 6.04 Å². The van der Waals surface area contributed by atoms with Crippen LogP contribution in [-0.4, -0.2) is 55.5 Å². The van der Waals surface area contributed by atoms with Crippen LogP contribution in [0.3, 0.4) is 0 Å². The van der Waals surface area contributed by atoms with Crippen molar-refractivity contribution in [1.82, 2.24) is 9.80 Å². The van der Waals surface area contributed by atoms with Crippen molar-refractivity contribution in [3.63, 3.8) is 0 Å². The Morgan fingerprint density at radius 1 is 1.33 bits per heavy atom. The molecule has 1 amide bonds. The Hall–Kier alpha value is -1.39.